The van der Waals surface area contributed by atoms with Crippen LogP contribution in [-0.2, 0) is 20.9 Å². The fraction of sp³-hybridized carbons (Fsp3) is 0.292. The van der Waals surface area contributed by atoms with Gasteiger partial charge < -0.3 is 19.9 Å². The Morgan fingerprint density at radius 2 is 1.69 bits per heavy atom. The van der Waals surface area contributed by atoms with Crippen molar-refractivity contribution in [3.63, 3.8) is 0 Å². The molecule has 0 spiro atoms. The molecule has 0 saturated heterocycles. The SMILES string of the molecule is CCC(=O)OC(OC(=O)c1sc2c(F)ccc(Br)c2c1COc1c(F)cc(C(N)=O)cc1F)C(C)C. The number of carbonyl (C=O) groups excluding carboxylic acids is 3. The summed E-state index contributed by atoms with van der Waals surface area (Å²) in [5, 5.41) is 0.244. The molecule has 0 aliphatic carbocycles. The molecule has 1 heterocycles. The van der Waals surface area contributed by atoms with Gasteiger partial charge in [0.1, 0.15) is 17.3 Å². The summed E-state index contributed by atoms with van der Waals surface area (Å²) in [7, 11) is 0. The quantitative estimate of drug-likeness (QED) is 0.249. The Kier molecular flexibility index (Phi) is 8.62. The maximum atomic E-state index is 14.6. The fourth-order valence-electron chi connectivity index (χ4n) is 3.15. The molecule has 3 rings (SSSR count). The van der Waals surface area contributed by atoms with E-state index in [-0.39, 0.29) is 26.9 Å². The van der Waals surface area contributed by atoms with E-state index in [1.807, 2.05) is 0 Å². The number of hydrogen-bond donors (Lipinski definition) is 1. The van der Waals surface area contributed by atoms with Crippen LogP contribution in [0.2, 0.25) is 0 Å². The highest BCUT2D eigenvalue weighted by molar-refractivity contribution is 9.10. The molecular formula is C24H21BrF3NO6S. The molecule has 7 nitrogen and oxygen atoms in total. The van der Waals surface area contributed by atoms with Crippen molar-refractivity contribution >= 4 is 55.2 Å². The Morgan fingerprint density at radius 1 is 1.06 bits per heavy atom. The Hall–Kier alpha value is -3.12. The first-order chi connectivity index (χ1) is 16.9. The molecule has 0 saturated carbocycles. The summed E-state index contributed by atoms with van der Waals surface area (Å²) in [4.78, 5) is 36.0. The number of nitrogens with two attached hydrogens (primary N) is 1. The minimum atomic E-state index is -1.21. The van der Waals surface area contributed by atoms with E-state index < -0.39 is 65.4 Å². The molecular weight excluding hydrogens is 567 g/mol. The third-order valence-electron chi connectivity index (χ3n) is 4.97. The van der Waals surface area contributed by atoms with Crippen LogP contribution in [-0.4, -0.2) is 24.1 Å². The average molecular weight is 588 g/mol. The van der Waals surface area contributed by atoms with Gasteiger partial charge in [0.25, 0.3) is 0 Å². The van der Waals surface area contributed by atoms with E-state index in [1.54, 1.807) is 20.8 Å². The van der Waals surface area contributed by atoms with Gasteiger partial charge in [-0.25, -0.2) is 18.0 Å². The monoisotopic (exact) mass is 587 g/mol. The van der Waals surface area contributed by atoms with Crippen molar-refractivity contribution in [3.8, 4) is 5.75 Å². The number of carbonyl (C=O) groups is 3. The standard InChI is InChI=1S/C24H21BrF3NO6S/c1-4-17(30)34-24(10(2)3)35-23(32)20-12(18-13(25)5-6-14(26)21(18)36-20)9-33-19-15(27)7-11(22(29)31)8-16(19)28/h5-8,10,24H,4,9H2,1-3H3,(H2,29,31). The molecule has 0 aliphatic heterocycles. The Balaban J connectivity index is 2.02. The molecule has 36 heavy (non-hydrogen) atoms. The molecule has 0 radical (unpaired) electrons. The zero-order valence-corrected chi connectivity index (χ0v) is 21.7. The smallest absolute Gasteiger partial charge is 0.351 e. The number of rotatable bonds is 9. The van der Waals surface area contributed by atoms with Crippen molar-refractivity contribution < 1.29 is 41.8 Å². The van der Waals surface area contributed by atoms with Crippen LogP contribution in [0, 0.1) is 23.4 Å². The third kappa shape index (κ3) is 5.81. The zero-order chi connectivity index (χ0) is 26.7. The van der Waals surface area contributed by atoms with Gasteiger partial charge in [0, 0.05) is 33.3 Å². The van der Waals surface area contributed by atoms with Gasteiger partial charge in [0.2, 0.25) is 12.2 Å². The van der Waals surface area contributed by atoms with Crippen molar-refractivity contribution in [3.05, 3.63) is 62.2 Å². The highest BCUT2D eigenvalue weighted by Gasteiger charge is 2.29. The highest BCUT2D eigenvalue weighted by atomic mass is 79.9. The second-order valence-corrected chi connectivity index (χ2v) is 9.80. The maximum absolute atomic E-state index is 14.6. The summed E-state index contributed by atoms with van der Waals surface area (Å²) in [6.45, 7) is 4.37. The third-order valence-corrected chi connectivity index (χ3v) is 6.85. The summed E-state index contributed by atoms with van der Waals surface area (Å²) in [6.07, 6.45) is -1.15. The number of primary amides is 1. The van der Waals surface area contributed by atoms with Gasteiger partial charge in [-0.3, -0.25) is 9.59 Å². The highest BCUT2D eigenvalue weighted by Crippen LogP contribution is 2.39. The van der Waals surface area contributed by atoms with E-state index in [0.717, 1.165) is 11.3 Å². The fourth-order valence-corrected chi connectivity index (χ4v) is 4.97. The average Bonchev–Trinajstić information content (AvgIpc) is 3.21. The number of benzene rings is 2. The Morgan fingerprint density at radius 3 is 2.25 bits per heavy atom. The van der Waals surface area contributed by atoms with Gasteiger partial charge in [-0.2, -0.15) is 0 Å². The molecule has 0 bridgehead atoms. The van der Waals surface area contributed by atoms with Crippen LogP contribution < -0.4 is 10.5 Å². The van der Waals surface area contributed by atoms with Crippen molar-refractivity contribution in [1.82, 2.24) is 0 Å². The summed E-state index contributed by atoms with van der Waals surface area (Å²) >= 11 is 4.06. The molecule has 2 aromatic carbocycles. The number of fused-ring (bicyclic) bond motifs is 1. The molecule has 1 atom stereocenters. The number of esters is 2. The zero-order valence-electron chi connectivity index (χ0n) is 19.3. The lowest BCUT2D eigenvalue weighted by Crippen LogP contribution is -2.29. The van der Waals surface area contributed by atoms with Crippen LogP contribution in [0.3, 0.4) is 0 Å². The van der Waals surface area contributed by atoms with Crippen molar-refractivity contribution in [2.24, 2.45) is 11.7 Å². The minimum Gasteiger partial charge on any atom is -0.483 e. The first-order valence-electron chi connectivity index (χ1n) is 10.7. The predicted octanol–water partition coefficient (Wildman–Crippen LogP) is 5.85. The topological polar surface area (TPSA) is 105 Å². The number of hydrogen-bond acceptors (Lipinski definition) is 7. The molecule has 1 amide bonds. The maximum Gasteiger partial charge on any atom is 0.351 e. The molecule has 12 heteroatoms. The van der Waals surface area contributed by atoms with E-state index in [4.69, 9.17) is 19.9 Å². The molecule has 0 aliphatic rings. The second-order valence-electron chi connectivity index (χ2n) is 7.93. The summed E-state index contributed by atoms with van der Waals surface area (Å²) in [6, 6.07) is 4.02. The molecule has 1 unspecified atom stereocenters. The number of amides is 1. The van der Waals surface area contributed by atoms with Gasteiger partial charge in [0.15, 0.2) is 17.4 Å². The van der Waals surface area contributed by atoms with Gasteiger partial charge >= 0.3 is 11.9 Å². The lowest BCUT2D eigenvalue weighted by Gasteiger charge is -2.21. The van der Waals surface area contributed by atoms with Crippen LogP contribution >= 0.6 is 27.3 Å². The molecule has 1 aromatic heterocycles. The molecule has 0 fully saturated rings. The van der Waals surface area contributed by atoms with E-state index in [1.165, 1.54) is 12.1 Å². The minimum absolute atomic E-state index is 0.0621. The number of thiophene rings is 1. The van der Waals surface area contributed by atoms with Gasteiger partial charge in [-0.1, -0.05) is 36.7 Å². The van der Waals surface area contributed by atoms with Gasteiger partial charge in [-0.05, 0) is 24.3 Å². The van der Waals surface area contributed by atoms with Crippen LogP contribution in [0.25, 0.3) is 10.1 Å². The van der Waals surface area contributed by atoms with E-state index >= 15 is 0 Å². The van der Waals surface area contributed by atoms with Crippen LogP contribution in [0.4, 0.5) is 13.2 Å². The van der Waals surface area contributed by atoms with Crippen molar-refractivity contribution in [2.75, 3.05) is 0 Å². The van der Waals surface area contributed by atoms with Crippen LogP contribution in [0.15, 0.2) is 28.7 Å². The first kappa shape index (κ1) is 27.5. The van der Waals surface area contributed by atoms with Crippen LogP contribution in [0.1, 0.15) is 52.8 Å². The summed E-state index contributed by atoms with van der Waals surface area (Å²) < 4.78 is 59.9. The number of halogens is 4. The predicted molar refractivity (Wildman–Crippen MR) is 129 cm³/mol. The van der Waals surface area contributed by atoms with E-state index in [0.29, 0.717) is 16.6 Å². The normalized spacial score (nSPS) is 12.0. The van der Waals surface area contributed by atoms with Gasteiger partial charge in [-0.15, -0.1) is 11.3 Å². The molecule has 192 valence electrons. The first-order valence-corrected chi connectivity index (χ1v) is 12.3. The van der Waals surface area contributed by atoms with Crippen molar-refractivity contribution in [2.45, 2.75) is 40.1 Å². The Labute approximate surface area is 216 Å². The van der Waals surface area contributed by atoms with E-state index in [9.17, 15) is 27.6 Å². The largest absolute Gasteiger partial charge is 0.483 e. The van der Waals surface area contributed by atoms with E-state index in [2.05, 4.69) is 15.9 Å². The lowest BCUT2D eigenvalue weighted by atomic mass is 10.1. The van der Waals surface area contributed by atoms with Crippen molar-refractivity contribution in [1.29, 1.82) is 0 Å². The summed E-state index contributed by atoms with van der Waals surface area (Å²) in [5.74, 6) is -6.78. The molecule has 2 N–H and O–H groups in total. The Bertz CT molecular complexity index is 1320. The molecule has 3 aromatic rings. The summed E-state index contributed by atoms with van der Waals surface area (Å²) in [5.41, 5.74) is 4.76. The lowest BCUT2D eigenvalue weighted by molar-refractivity contribution is -0.175. The van der Waals surface area contributed by atoms with Crippen LogP contribution in [0.5, 0.6) is 5.75 Å². The number of ether oxygens (including phenoxy) is 3. The van der Waals surface area contributed by atoms with Gasteiger partial charge in [0.05, 0.1) is 4.70 Å². The second kappa shape index (κ2) is 11.3.